The van der Waals surface area contributed by atoms with Crippen molar-refractivity contribution in [1.29, 1.82) is 5.26 Å². The smallest absolute Gasteiger partial charge is 0.0978 e. The molecule has 0 bridgehead atoms. The molecule has 1 atom stereocenters. The van der Waals surface area contributed by atoms with Gasteiger partial charge in [-0.05, 0) is 19.4 Å². The molecule has 0 N–H and O–H groups in total. The second-order valence-corrected chi connectivity index (χ2v) is 6.43. The molecule has 1 aliphatic rings. The molecule has 1 rings (SSSR count). The summed E-state index contributed by atoms with van der Waals surface area (Å²) in [5.41, 5.74) is 0. The van der Waals surface area contributed by atoms with Crippen LogP contribution >= 0.6 is 0 Å². The first kappa shape index (κ1) is 18.5. The molecule has 21 heavy (non-hydrogen) atoms. The van der Waals surface area contributed by atoms with E-state index in [1.54, 1.807) is 0 Å². The first-order valence-corrected chi connectivity index (χ1v) is 9.17. The van der Waals surface area contributed by atoms with E-state index in [1.165, 1.54) is 51.5 Å². The van der Waals surface area contributed by atoms with Crippen LogP contribution in [0.5, 0.6) is 0 Å². The maximum atomic E-state index is 9.23. The van der Waals surface area contributed by atoms with E-state index in [-0.39, 0.29) is 6.04 Å². The normalized spacial score (nSPS) is 18.5. The Morgan fingerprint density at radius 3 is 2.05 bits per heavy atom. The van der Waals surface area contributed by atoms with Gasteiger partial charge in [0, 0.05) is 26.2 Å². The molecule has 0 aromatic carbocycles. The fourth-order valence-electron chi connectivity index (χ4n) is 3.19. The number of rotatable bonds is 11. The molecule has 0 aromatic rings. The third-order valence-corrected chi connectivity index (χ3v) is 4.64. The molecule has 1 heterocycles. The Kier molecular flexibility index (Phi) is 10.6. The van der Waals surface area contributed by atoms with Gasteiger partial charge in [-0.1, -0.05) is 58.8 Å². The molecule has 0 spiro atoms. The molecule has 0 saturated carbocycles. The van der Waals surface area contributed by atoms with Crippen LogP contribution in [-0.4, -0.2) is 48.6 Å². The number of nitriles is 1. The fourth-order valence-corrected chi connectivity index (χ4v) is 3.19. The number of unbranched alkanes of at least 4 members (excludes halogenated alkanes) is 6. The summed E-state index contributed by atoms with van der Waals surface area (Å²) in [5.74, 6) is 0. The highest BCUT2D eigenvalue weighted by atomic mass is 15.3. The SMILES string of the molecule is CCCCCCCCCN1CCN(C(C#N)CCC)CC1. The van der Waals surface area contributed by atoms with E-state index in [1.807, 2.05) is 0 Å². The molecule has 3 nitrogen and oxygen atoms in total. The summed E-state index contributed by atoms with van der Waals surface area (Å²) < 4.78 is 0. The van der Waals surface area contributed by atoms with E-state index in [0.717, 1.165) is 39.0 Å². The van der Waals surface area contributed by atoms with Crippen molar-refractivity contribution in [3.63, 3.8) is 0 Å². The van der Waals surface area contributed by atoms with Crippen LogP contribution in [-0.2, 0) is 0 Å². The third-order valence-electron chi connectivity index (χ3n) is 4.64. The predicted molar refractivity (Wildman–Crippen MR) is 90.3 cm³/mol. The molecule has 3 heteroatoms. The molecule has 1 saturated heterocycles. The molecule has 1 unspecified atom stereocenters. The Labute approximate surface area is 132 Å². The lowest BCUT2D eigenvalue weighted by atomic mass is 10.1. The number of hydrogen-bond acceptors (Lipinski definition) is 3. The summed E-state index contributed by atoms with van der Waals surface area (Å²) in [7, 11) is 0. The molecule has 122 valence electrons. The highest BCUT2D eigenvalue weighted by molar-refractivity contribution is 4.93. The van der Waals surface area contributed by atoms with E-state index in [4.69, 9.17) is 0 Å². The lowest BCUT2D eigenvalue weighted by Crippen LogP contribution is -2.50. The summed E-state index contributed by atoms with van der Waals surface area (Å²) in [6.07, 6.45) is 11.9. The molecular weight excluding hydrogens is 258 g/mol. The average molecular weight is 293 g/mol. The van der Waals surface area contributed by atoms with Crippen LogP contribution < -0.4 is 0 Å². The zero-order valence-electron chi connectivity index (χ0n) is 14.3. The van der Waals surface area contributed by atoms with E-state index in [9.17, 15) is 5.26 Å². The standard InChI is InChI=1S/C18H35N3/c1-3-5-6-7-8-9-10-12-20-13-15-21(16-14-20)18(17-19)11-4-2/h18H,3-16H2,1-2H3. The van der Waals surface area contributed by atoms with Crippen molar-refractivity contribution in [1.82, 2.24) is 9.80 Å². The summed E-state index contributed by atoms with van der Waals surface area (Å²) in [4.78, 5) is 4.97. The fraction of sp³-hybridized carbons (Fsp3) is 0.944. The second-order valence-electron chi connectivity index (χ2n) is 6.43. The van der Waals surface area contributed by atoms with E-state index in [0.29, 0.717) is 0 Å². The third kappa shape index (κ3) is 7.83. The van der Waals surface area contributed by atoms with E-state index in [2.05, 4.69) is 29.7 Å². The van der Waals surface area contributed by atoms with Crippen LogP contribution in [0.25, 0.3) is 0 Å². The van der Waals surface area contributed by atoms with Gasteiger partial charge >= 0.3 is 0 Å². The van der Waals surface area contributed by atoms with Crippen molar-refractivity contribution >= 4 is 0 Å². The maximum absolute atomic E-state index is 9.23. The van der Waals surface area contributed by atoms with Crippen LogP contribution in [0.2, 0.25) is 0 Å². The zero-order chi connectivity index (χ0) is 15.3. The Bertz CT molecular complexity index is 277. The van der Waals surface area contributed by atoms with Crippen molar-refractivity contribution in [2.75, 3.05) is 32.7 Å². The molecule has 0 amide bonds. The van der Waals surface area contributed by atoms with Gasteiger partial charge in [-0.2, -0.15) is 5.26 Å². The summed E-state index contributed by atoms with van der Waals surface area (Å²) >= 11 is 0. The van der Waals surface area contributed by atoms with Crippen molar-refractivity contribution in [2.24, 2.45) is 0 Å². The van der Waals surface area contributed by atoms with Gasteiger partial charge in [0.2, 0.25) is 0 Å². The van der Waals surface area contributed by atoms with Gasteiger partial charge < -0.3 is 4.90 Å². The lowest BCUT2D eigenvalue weighted by molar-refractivity contribution is 0.109. The van der Waals surface area contributed by atoms with E-state index < -0.39 is 0 Å². The Morgan fingerprint density at radius 1 is 0.857 bits per heavy atom. The van der Waals surface area contributed by atoms with Gasteiger partial charge in [0.05, 0.1) is 12.1 Å². The minimum Gasteiger partial charge on any atom is -0.301 e. The van der Waals surface area contributed by atoms with E-state index >= 15 is 0 Å². The van der Waals surface area contributed by atoms with Crippen LogP contribution in [0, 0.1) is 11.3 Å². The molecule has 0 aliphatic carbocycles. The van der Waals surface area contributed by atoms with Gasteiger partial charge in [-0.3, -0.25) is 4.90 Å². The molecule has 1 fully saturated rings. The van der Waals surface area contributed by atoms with Gasteiger partial charge in [0.1, 0.15) is 0 Å². The molecular formula is C18H35N3. The number of hydrogen-bond donors (Lipinski definition) is 0. The van der Waals surface area contributed by atoms with Crippen LogP contribution in [0.1, 0.15) is 71.6 Å². The summed E-state index contributed by atoms with van der Waals surface area (Å²) in [6.45, 7) is 10.2. The largest absolute Gasteiger partial charge is 0.301 e. The maximum Gasteiger partial charge on any atom is 0.0978 e. The molecule has 0 radical (unpaired) electrons. The Hall–Kier alpha value is -0.590. The summed E-state index contributed by atoms with van der Waals surface area (Å²) in [6, 6.07) is 2.62. The average Bonchev–Trinajstić information content (AvgIpc) is 2.52. The Balaban J connectivity index is 2.04. The number of piperazine rings is 1. The topological polar surface area (TPSA) is 30.3 Å². The second kappa shape index (κ2) is 12.0. The zero-order valence-corrected chi connectivity index (χ0v) is 14.3. The minimum atomic E-state index is 0.149. The van der Waals surface area contributed by atoms with Crippen molar-refractivity contribution in [3.8, 4) is 6.07 Å². The van der Waals surface area contributed by atoms with Gasteiger partial charge in [-0.15, -0.1) is 0 Å². The first-order valence-electron chi connectivity index (χ1n) is 9.17. The number of nitrogens with zero attached hydrogens (tertiary/aromatic N) is 3. The van der Waals surface area contributed by atoms with Crippen molar-refractivity contribution in [2.45, 2.75) is 77.7 Å². The van der Waals surface area contributed by atoms with Crippen molar-refractivity contribution < 1.29 is 0 Å². The van der Waals surface area contributed by atoms with Crippen LogP contribution in [0.4, 0.5) is 0 Å². The van der Waals surface area contributed by atoms with Crippen LogP contribution in [0.3, 0.4) is 0 Å². The summed E-state index contributed by atoms with van der Waals surface area (Å²) in [5, 5.41) is 9.23. The first-order chi connectivity index (χ1) is 10.3. The van der Waals surface area contributed by atoms with Gasteiger partial charge in [0.25, 0.3) is 0 Å². The predicted octanol–water partition coefficient (Wildman–Crippen LogP) is 4.05. The monoisotopic (exact) mass is 293 g/mol. The molecule has 1 aliphatic heterocycles. The minimum absolute atomic E-state index is 0.149. The quantitative estimate of drug-likeness (QED) is 0.538. The Morgan fingerprint density at radius 2 is 1.48 bits per heavy atom. The highest BCUT2D eigenvalue weighted by Gasteiger charge is 2.22. The molecule has 0 aromatic heterocycles. The highest BCUT2D eigenvalue weighted by Crippen LogP contribution is 2.12. The van der Waals surface area contributed by atoms with Gasteiger partial charge in [0.15, 0.2) is 0 Å². The lowest BCUT2D eigenvalue weighted by Gasteiger charge is -2.36. The van der Waals surface area contributed by atoms with Crippen molar-refractivity contribution in [3.05, 3.63) is 0 Å². The van der Waals surface area contributed by atoms with Gasteiger partial charge in [-0.25, -0.2) is 0 Å². The van der Waals surface area contributed by atoms with Crippen LogP contribution in [0.15, 0.2) is 0 Å².